The number of amides is 1. The van der Waals surface area contributed by atoms with Gasteiger partial charge in [0.05, 0.1) is 17.0 Å². The van der Waals surface area contributed by atoms with E-state index in [0.29, 0.717) is 22.5 Å². The van der Waals surface area contributed by atoms with Crippen molar-refractivity contribution in [3.63, 3.8) is 0 Å². The summed E-state index contributed by atoms with van der Waals surface area (Å²) in [6, 6.07) is 9.09. The van der Waals surface area contributed by atoms with Crippen molar-refractivity contribution < 1.29 is 9.59 Å². The number of hydrogen-bond donors (Lipinski definition) is 1. The zero-order valence-electron chi connectivity index (χ0n) is 8.90. The van der Waals surface area contributed by atoms with Crippen LogP contribution in [0.3, 0.4) is 0 Å². The molecule has 0 atom stereocenters. The zero-order valence-corrected chi connectivity index (χ0v) is 9.71. The third kappa shape index (κ3) is 1.66. The Morgan fingerprint density at radius 1 is 1.24 bits per heavy atom. The standard InChI is InChI=1S/C13H9NO2S/c15-11-7-8-3-1-4-9(12(8)14-11)13(16)10-5-2-6-17-10/h1-6H,7H2,(H,14,15). The van der Waals surface area contributed by atoms with Gasteiger partial charge in [-0.1, -0.05) is 18.2 Å². The Bertz CT molecular complexity index is 602. The van der Waals surface area contributed by atoms with Gasteiger partial charge < -0.3 is 5.32 Å². The predicted molar refractivity (Wildman–Crippen MR) is 66.5 cm³/mol. The molecular formula is C13H9NO2S. The molecule has 1 aromatic heterocycles. The fourth-order valence-electron chi connectivity index (χ4n) is 1.98. The highest BCUT2D eigenvalue weighted by Crippen LogP contribution is 2.29. The monoisotopic (exact) mass is 243 g/mol. The molecular weight excluding hydrogens is 234 g/mol. The number of fused-ring (bicyclic) bond motifs is 1. The highest BCUT2D eigenvalue weighted by Gasteiger charge is 2.24. The molecule has 0 aliphatic carbocycles. The van der Waals surface area contributed by atoms with Crippen molar-refractivity contribution >= 4 is 28.7 Å². The Morgan fingerprint density at radius 3 is 2.88 bits per heavy atom. The van der Waals surface area contributed by atoms with Crippen molar-refractivity contribution in [3.05, 3.63) is 51.7 Å². The first-order chi connectivity index (χ1) is 8.25. The summed E-state index contributed by atoms with van der Waals surface area (Å²) in [6.07, 6.45) is 0.362. The summed E-state index contributed by atoms with van der Waals surface area (Å²) < 4.78 is 0. The van der Waals surface area contributed by atoms with E-state index in [-0.39, 0.29) is 11.7 Å². The number of nitrogens with one attached hydrogen (secondary N) is 1. The number of carbonyl (C=O) groups excluding carboxylic acids is 2. The van der Waals surface area contributed by atoms with E-state index < -0.39 is 0 Å². The molecule has 0 spiro atoms. The third-order valence-electron chi connectivity index (χ3n) is 2.76. The lowest BCUT2D eigenvalue weighted by Gasteiger charge is -2.05. The summed E-state index contributed by atoms with van der Waals surface area (Å²) in [5.74, 6) is -0.0783. The van der Waals surface area contributed by atoms with Crippen LogP contribution in [0.2, 0.25) is 0 Å². The molecule has 0 bridgehead atoms. The van der Waals surface area contributed by atoms with Crippen molar-refractivity contribution in [1.82, 2.24) is 0 Å². The normalized spacial score (nSPS) is 13.3. The Morgan fingerprint density at radius 2 is 2.12 bits per heavy atom. The number of thiophene rings is 1. The van der Waals surface area contributed by atoms with Gasteiger partial charge in [-0.05, 0) is 23.1 Å². The van der Waals surface area contributed by atoms with Gasteiger partial charge in [0.25, 0.3) is 0 Å². The SMILES string of the molecule is O=C1Cc2cccc(C(=O)c3cccs3)c2N1. The summed E-state index contributed by atoms with van der Waals surface area (Å²) in [6.45, 7) is 0. The zero-order chi connectivity index (χ0) is 11.8. The Labute approximate surface area is 102 Å². The lowest BCUT2D eigenvalue weighted by atomic mass is 10.0. The summed E-state index contributed by atoms with van der Waals surface area (Å²) in [4.78, 5) is 24.3. The molecule has 0 saturated heterocycles. The van der Waals surface area contributed by atoms with Crippen LogP contribution in [0.1, 0.15) is 20.8 Å². The van der Waals surface area contributed by atoms with E-state index >= 15 is 0 Å². The molecule has 17 heavy (non-hydrogen) atoms. The minimum atomic E-state index is -0.0496. The van der Waals surface area contributed by atoms with Crippen LogP contribution in [0, 0.1) is 0 Å². The lowest BCUT2D eigenvalue weighted by molar-refractivity contribution is -0.115. The summed E-state index contributed by atoms with van der Waals surface area (Å²) >= 11 is 1.41. The first-order valence-corrected chi connectivity index (χ1v) is 6.13. The predicted octanol–water partition coefficient (Wildman–Crippen LogP) is 2.47. The molecule has 1 amide bonds. The molecule has 3 rings (SSSR count). The van der Waals surface area contributed by atoms with Crippen molar-refractivity contribution in [1.29, 1.82) is 0 Å². The maximum absolute atomic E-state index is 12.2. The van der Waals surface area contributed by atoms with E-state index in [1.807, 2.05) is 23.6 Å². The largest absolute Gasteiger partial charge is 0.325 e. The number of rotatable bonds is 2. The fourth-order valence-corrected chi connectivity index (χ4v) is 2.66. The topological polar surface area (TPSA) is 46.2 Å². The molecule has 4 heteroatoms. The lowest BCUT2D eigenvalue weighted by Crippen LogP contribution is -2.07. The average Bonchev–Trinajstić information content (AvgIpc) is 2.94. The van der Waals surface area contributed by atoms with E-state index in [1.54, 1.807) is 12.1 Å². The second kappa shape index (κ2) is 3.82. The fraction of sp³-hybridized carbons (Fsp3) is 0.0769. The molecule has 0 unspecified atom stereocenters. The summed E-state index contributed by atoms with van der Waals surface area (Å²) in [5.41, 5.74) is 2.16. The molecule has 0 saturated carbocycles. The molecule has 1 aromatic carbocycles. The van der Waals surface area contributed by atoms with Crippen molar-refractivity contribution in [2.75, 3.05) is 5.32 Å². The minimum absolute atomic E-state index is 0.0287. The molecule has 1 N–H and O–H groups in total. The third-order valence-corrected chi connectivity index (χ3v) is 3.62. The highest BCUT2D eigenvalue weighted by molar-refractivity contribution is 7.12. The summed E-state index contributed by atoms with van der Waals surface area (Å²) in [5, 5.41) is 4.62. The van der Waals surface area contributed by atoms with Gasteiger partial charge in [-0.2, -0.15) is 0 Å². The molecule has 3 nitrogen and oxygen atoms in total. The minimum Gasteiger partial charge on any atom is -0.325 e. The summed E-state index contributed by atoms with van der Waals surface area (Å²) in [7, 11) is 0. The van der Waals surface area contributed by atoms with E-state index in [9.17, 15) is 9.59 Å². The molecule has 2 heterocycles. The van der Waals surface area contributed by atoms with E-state index in [0.717, 1.165) is 5.56 Å². The first-order valence-electron chi connectivity index (χ1n) is 5.25. The van der Waals surface area contributed by atoms with Gasteiger partial charge in [-0.25, -0.2) is 0 Å². The van der Waals surface area contributed by atoms with Gasteiger partial charge >= 0.3 is 0 Å². The quantitative estimate of drug-likeness (QED) is 0.824. The van der Waals surface area contributed by atoms with Crippen molar-refractivity contribution in [3.8, 4) is 0 Å². The average molecular weight is 243 g/mol. The van der Waals surface area contributed by atoms with Gasteiger partial charge in [0, 0.05) is 5.56 Å². The van der Waals surface area contributed by atoms with Crippen LogP contribution in [0.15, 0.2) is 35.7 Å². The number of para-hydroxylation sites is 1. The Balaban J connectivity index is 2.08. The van der Waals surface area contributed by atoms with Gasteiger partial charge in [-0.3, -0.25) is 9.59 Å². The molecule has 1 aliphatic rings. The van der Waals surface area contributed by atoms with Gasteiger partial charge in [-0.15, -0.1) is 11.3 Å². The first kappa shape index (κ1) is 10.2. The van der Waals surface area contributed by atoms with E-state index in [2.05, 4.69) is 5.32 Å². The Hall–Kier alpha value is -1.94. The van der Waals surface area contributed by atoms with Gasteiger partial charge in [0.2, 0.25) is 11.7 Å². The second-order valence-corrected chi connectivity index (χ2v) is 4.82. The smallest absolute Gasteiger partial charge is 0.228 e. The van der Waals surface area contributed by atoms with Crippen LogP contribution in [-0.4, -0.2) is 11.7 Å². The molecule has 0 fully saturated rings. The van der Waals surface area contributed by atoms with Gasteiger partial charge in [0.1, 0.15) is 0 Å². The van der Waals surface area contributed by atoms with Crippen LogP contribution in [0.25, 0.3) is 0 Å². The number of ketones is 1. The second-order valence-electron chi connectivity index (χ2n) is 3.87. The molecule has 84 valence electrons. The molecule has 0 radical (unpaired) electrons. The van der Waals surface area contributed by atoms with Crippen LogP contribution in [0.5, 0.6) is 0 Å². The van der Waals surface area contributed by atoms with Crippen LogP contribution >= 0.6 is 11.3 Å². The number of benzene rings is 1. The number of carbonyl (C=O) groups is 2. The van der Waals surface area contributed by atoms with Gasteiger partial charge in [0.15, 0.2) is 0 Å². The number of anilines is 1. The van der Waals surface area contributed by atoms with Crippen molar-refractivity contribution in [2.24, 2.45) is 0 Å². The van der Waals surface area contributed by atoms with E-state index in [4.69, 9.17) is 0 Å². The van der Waals surface area contributed by atoms with Crippen LogP contribution in [0.4, 0.5) is 5.69 Å². The van der Waals surface area contributed by atoms with Crippen molar-refractivity contribution in [2.45, 2.75) is 6.42 Å². The molecule has 1 aliphatic heterocycles. The van der Waals surface area contributed by atoms with Crippen LogP contribution < -0.4 is 5.32 Å². The Kier molecular flexibility index (Phi) is 2.30. The number of hydrogen-bond acceptors (Lipinski definition) is 3. The maximum Gasteiger partial charge on any atom is 0.228 e. The highest BCUT2D eigenvalue weighted by atomic mass is 32.1. The molecule has 2 aromatic rings. The maximum atomic E-state index is 12.2. The van der Waals surface area contributed by atoms with E-state index in [1.165, 1.54) is 11.3 Å². The van der Waals surface area contributed by atoms with Crippen LogP contribution in [-0.2, 0) is 11.2 Å².